The van der Waals surface area contributed by atoms with E-state index in [2.05, 4.69) is 13.2 Å². The highest BCUT2D eigenvalue weighted by atomic mass is 19.3. The molecule has 0 radical (unpaired) electrons. The summed E-state index contributed by atoms with van der Waals surface area (Å²) in [4.78, 5) is 0. The second-order valence-electron chi connectivity index (χ2n) is 1.47. The maximum Gasteiger partial charge on any atom is 0.284 e. The first-order valence-corrected chi connectivity index (χ1v) is 2.44. The van der Waals surface area contributed by atoms with Gasteiger partial charge in [-0.2, -0.15) is 8.78 Å². The molecule has 0 saturated heterocycles. The maximum atomic E-state index is 12.1. The van der Waals surface area contributed by atoms with E-state index in [0.717, 1.165) is 6.08 Å². The Morgan fingerprint density at radius 3 is 2.11 bits per heavy atom. The third kappa shape index (κ3) is 3.64. The summed E-state index contributed by atoms with van der Waals surface area (Å²) in [6.07, 6.45) is 3.78. The number of hydrogen-bond donors (Lipinski definition) is 0. The molecule has 0 bridgehead atoms. The lowest BCUT2D eigenvalue weighted by atomic mass is 10.3. The molecule has 0 atom stereocenters. The molecule has 0 heterocycles. The van der Waals surface area contributed by atoms with Gasteiger partial charge in [-0.1, -0.05) is 25.3 Å². The standard InChI is InChI=1S/C7H8F2/c1-3-5-6-7(8,9)4-2/h3-6H,1-2H2. The Morgan fingerprint density at radius 2 is 1.78 bits per heavy atom. The Labute approximate surface area is 53.2 Å². The molecule has 0 N–H and O–H groups in total. The fraction of sp³-hybridized carbons (Fsp3) is 0.143. The quantitative estimate of drug-likeness (QED) is 0.407. The highest BCUT2D eigenvalue weighted by molar-refractivity contribution is 5.09. The van der Waals surface area contributed by atoms with Crippen molar-refractivity contribution in [1.29, 1.82) is 0 Å². The Bertz CT molecular complexity index is 134. The van der Waals surface area contributed by atoms with Gasteiger partial charge in [-0.15, -0.1) is 0 Å². The number of rotatable bonds is 3. The maximum absolute atomic E-state index is 12.1. The lowest BCUT2D eigenvalue weighted by molar-refractivity contribution is 0.112. The molecule has 0 aliphatic rings. The number of halogens is 2. The van der Waals surface area contributed by atoms with Crippen LogP contribution in [0.15, 0.2) is 37.5 Å². The van der Waals surface area contributed by atoms with E-state index in [-0.39, 0.29) is 0 Å². The molecule has 0 nitrogen and oxygen atoms in total. The first-order valence-electron chi connectivity index (χ1n) is 2.44. The molecule has 9 heavy (non-hydrogen) atoms. The lowest BCUT2D eigenvalue weighted by Crippen LogP contribution is -2.05. The molecular weight excluding hydrogens is 122 g/mol. The second-order valence-corrected chi connectivity index (χ2v) is 1.47. The van der Waals surface area contributed by atoms with Crippen LogP contribution in [0.3, 0.4) is 0 Å². The normalized spacial score (nSPS) is 11.8. The van der Waals surface area contributed by atoms with Crippen LogP contribution in [0.1, 0.15) is 0 Å². The molecular formula is C7H8F2. The SMILES string of the molecule is C=CC=CC(F)(F)C=C. The van der Waals surface area contributed by atoms with Gasteiger partial charge < -0.3 is 0 Å². The molecule has 0 saturated carbocycles. The summed E-state index contributed by atoms with van der Waals surface area (Å²) in [5.41, 5.74) is 0. The van der Waals surface area contributed by atoms with Gasteiger partial charge in [-0.3, -0.25) is 0 Å². The minimum atomic E-state index is -2.89. The Kier molecular flexibility index (Phi) is 2.85. The molecule has 0 spiro atoms. The fourth-order valence-corrected chi connectivity index (χ4v) is 0.264. The van der Waals surface area contributed by atoms with Gasteiger partial charge >= 0.3 is 0 Å². The summed E-state index contributed by atoms with van der Waals surface area (Å²) in [6.45, 7) is 6.19. The van der Waals surface area contributed by atoms with Crippen molar-refractivity contribution in [1.82, 2.24) is 0 Å². The van der Waals surface area contributed by atoms with Crippen molar-refractivity contribution in [2.45, 2.75) is 5.92 Å². The summed E-state index contributed by atoms with van der Waals surface area (Å²) in [6, 6.07) is 0. The van der Waals surface area contributed by atoms with Gasteiger partial charge in [0.15, 0.2) is 0 Å². The molecule has 0 rings (SSSR count). The predicted octanol–water partition coefficient (Wildman–Crippen LogP) is 2.55. The lowest BCUT2D eigenvalue weighted by Gasteiger charge is -2.01. The largest absolute Gasteiger partial charge is 0.284 e. The molecule has 0 aromatic carbocycles. The van der Waals surface area contributed by atoms with Crippen LogP contribution in [-0.2, 0) is 0 Å². The third-order valence-corrected chi connectivity index (χ3v) is 0.727. The van der Waals surface area contributed by atoms with Crippen LogP contribution in [0.5, 0.6) is 0 Å². The molecule has 0 aliphatic heterocycles. The van der Waals surface area contributed by atoms with Crippen molar-refractivity contribution in [3.05, 3.63) is 37.5 Å². The van der Waals surface area contributed by atoms with Gasteiger partial charge in [0.2, 0.25) is 0 Å². The van der Waals surface area contributed by atoms with Crippen LogP contribution in [0, 0.1) is 0 Å². The molecule has 0 aliphatic carbocycles. The average Bonchev–Trinajstić information content (AvgIpc) is 1.84. The third-order valence-electron chi connectivity index (χ3n) is 0.727. The summed E-state index contributed by atoms with van der Waals surface area (Å²) in [5, 5.41) is 0. The predicted molar refractivity (Wildman–Crippen MR) is 34.5 cm³/mol. The van der Waals surface area contributed by atoms with Crippen molar-refractivity contribution < 1.29 is 8.78 Å². The van der Waals surface area contributed by atoms with Crippen molar-refractivity contribution in [3.8, 4) is 0 Å². The van der Waals surface area contributed by atoms with Crippen LogP contribution in [-0.4, -0.2) is 5.92 Å². The van der Waals surface area contributed by atoms with Gasteiger partial charge in [0, 0.05) is 0 Å². The topological polar surface area (TPSA) is 0 Å². The molecule has 0 aromatic rings. The molecule has 2 heteroatoms. The van der Waals surface area contributed by atoms with Crippen molar-refractivity contribution >= 4 is 0 Å². The van der Waals surface area contributed by atoms with E-state index in [1.54, 1.807) is 0 Å². The smallest absolute Gasteiger partial charge is 0.197 e. The van der Waals surface area contributed by atoms with Crippen molar-refractivity contribution in [2.24, 2.45) is 0 Å². The summed E-state index contributed by atoms with van der Waals surface area (Å²) in [5.74, 6) is -2.89. The van der Waals surface area contributed by atoms with Gasteiger partial charge in [0.25, 0.3) is 5.92 Å². The van der Waals surface area contributed by atoms with Gasteiger partial charge in [-0.25, -0.2) is 0 Å². The summed E-state index contributed by atoms with van der Waals surface area (Å²) >= 11 is 0. The van der Waals surface area contributed by atoms with Crippen LogP contribution >= 0.6 is 0 Å². The molecule has 50 valence electrons. The summed E-state index contributed by atoms with van der Waals surface area (Å²) < 4.78 is 24.2. The van der Waals surface area contributed by atoms with Crippen LogP contribution in [0.4, 0.5) is 8.78 Å². The van der Waals surface area contributed by atoms with E-state index in [1.165, 1.54) is 12.2 Å². The van der Waals surface area contributed by atoms with Gasteiger partial charge in [-0.05, 0) is 12.2 Å². The zero-order valence-electron chi connectivity index (χ0n) is 4.98. The monoisotopic (exact) mass is 130 g/mol. The van der Waals surface area contributed by atoms with E-state index in [9.17, 15) is 8.78 Å². The van der Waals surface area contributed by atoms with E-state index in [0.29, 0.717) is 6.08 Å². The minimum absolute atomic E-state index is 0.576. The first-order chi connectivity index (χ1) is 4.12. The zero-order valence-corrected chi connectivity index (χ0v) is 4.98. The van der Waals surface area contributed by atoms with Gasteiger partial charge in [0.05, 0.1) is 0 Å². The number of alkyl halides is 2. The molecule has 0 fully saturated rings. The Morgan fingerprint density at radius 1 is 1.22 bits per heavy atom. The van der Waals surface area contributed by atoms with Crippen LogP contribution in [0.2, 0.25) is 0 Å². The molecule has 0 aromatic heterocycles. The van der Waals surface area contributed by atoms with Crippen LogP contribution < -0.4 is 0 Å². The average molecular weight is 130 g/mol. The highest BCUT2D eigenvalue weighted by Crippen LogP contribution is 2.15. The minimum Gasteiger partial charge on any atom is -0.197 e. The van der Waals surface area contributed by atoms with E-state index >= 15 is 0 Å². The van der Waals surface area contributed by atoms with Crippen molar-refractivity contribution in [3.63, 3.8) is 0 Å². The fourth-order valence-electron chi connectivity index (χ4n) is 0.264. The molecule has 0 unspecified atom stereocenters. The Hall–Kier alpha value is -0.920. The molecule has 0 amide bonds. The van der Waals surface area contributed by atoms with E-state index in [4.69, 9.17) is 0 Å². The second kappa shape index (κ2) is 3.17. The van der Waals surface area contributed by atoms with Crippen molar-refractivity contribution in [2.75, 3.05) is 0 Å². The zero-order chi connectivity index (χ0) is 7.33. The summed E-state index contributed by atoms with van der Waals surface area (Å²) in [7, 11) is 0. The number of hydrogen-bond acceptors (Lipinski definition) is 0. The number of allylic oxidation sites excluding steroid dienone is 4. The highest BCUT2D eigenvalue weighted by Gasteiger charge is 2.17. The Balaban J connectivity index is 3.99. The van der Waals surface area contributed by atoms with E-state index < -0.39 is 5.92 Å². The van der Waals surface area contributed by atoms with Gasteiger partial charge in [0.1, 0.15) is 0 Å². The first kappa shape index (κ1) is 8.08. The van der Waals surface area contributed by atoms with Crippen LogP contribution in [0.25, 0.3) is 0 Å². The van der Waals surface area contributed by atoms with E-state index in [1.807, 2.05) is 0 Å².